The maximum Gasteiger partial charge on any atom is 0.322 e. The molecule has 1 atom stereocenters. The molecule has 1 aromatic heterocycles. The molecule has 0 aliphatic carbocycles. The van der Waals surface area contributed by atoms with Crippen molar-refractivity contribution in [1.82, 2.24) is 25.5 Å². The Hall–Kier alpha value is -2.51. The van der Waals surface area contributed by atoms with Gasteiger partial charge in [0.2, 0.25) is 5.91 Å². The number of hydrogen-bond acceptors (Lipinski definition) is 5. The molecule has 0 saturated carbocycles. The quantitative estimate of drug-likeness (QED) is 0.751. The third kappa shape index (κ3) is 3.05. The predicted molar refractivity (Wildman–Crippen MR) is 75.7 cm³/mol. The number of nitrogens with one attached hydrogen (secondary N) is 2. The molecule has 116 valence electrons. The largest absolute Gasteiger partial charge is 0.343 e. The summed E-state index contributed by atoms with van der Waals surface area (Å²) in [7, 11) is 0. The summed E-state index contributed by atoms with van der Waals surface area (Å²) in [4.78, 5) is 44.6. The van der Waals surface area contributed by atoms with E-state index in [1.54, 1.807) is 11.1 Å². The van der Waals surface area contributed by atoms with Crippen LogP contribution in [-0.2, 0) is 9.59 Å². The minimum absolute atomic E-state index is 0.00967. The molecule has 0 aromatic carbocycles. The molecular weight excluding hydrogens is 286 g/mol. The van der Waals surface area contributed by atoms with Crippen LogP contribution in [0.1, 0.15) is 30.9 Å². The van der Waals surface area contributed by atoms with Crippen LogP contribution in [0.4, 0.5) is 4.79 Å². The van der Waals surface area contributed by atoms with Gasteiger partial charge in [-0.05, 0) is 18.9 Å². The van der Waals surface area contributed by atoms with Crippen LogP contribution in [0.25, 0.3) is 0 Å². The van der Waals surface area contributed by atoms with Gasteiger partial charge in [0.15, 0.2) is 0 Å². The minimum Gasteiger partial charge on any atom is -0.343 e. The molecule has 8 nitrogen and oxygen atoms in total. The summed E-state index contributed by atoms with van der Waals surface area (Å²) < 4.78 is 0. The number of hydrogen-bond donors (Lipinski definition) is 2. The maximum absolute atomic E-state index is 12.2. The van der Waals surface area contributed by atoms with Crippen LogP contribution in [-0.4, -0.2) is 51.8 Å². The van der Waals surface area contributed by atoms with E-state index < -0.39 is 18.0 Å². The zero-order valence-electron chi connectivity index (χ0n) is 12.0. The highest BCUT2D eigenvalue weighted by molar-refractivity contribution is 6.05. The number of amides is 4. The van der Waals surface area contributed by atoms with Crippen molar-refractivity contribution in [1.29, 1.82) is 0 Å². The number of aromatic nitrogens is 2. The first kappa shape index (κ1) is 14.4. The molecule has 4 amide bonds. The highest BCUT2D eigenvalue weighted by Gasteiger charge is 2.33. The molecule has 0 radical (unpaired) electrons. The van der Waals surface area contributed by atoms with Gasteiger partial charge in [0.1, 0.15) is 12.4 Å². The average molecular weight is 303 g/mol. The summed E-state index contributed by atoms with van der Waals surface area (Å²) in [6.45, 7) is 1.27. The number of rotatable bonds is 3. The van der Waals surface area contributed by atoms with Gasteiger partial charge < -0.3 is 10.2 Å². The first-order valence-electron chi connectivity index (χ1n) is 7.28. The highest BCUT2D eigenvalue weighted by atomic mass is 16.2. The van der Waals surface area contributed by atoms with Gasteiger partial charge in [-0.2, -0.15) is 0 Å². The fourth-order valence-electron chi connectivity index (χ4n) is 2.87. The van der Waals surface area contributed by atoms with Crippen LogP contribution < -0.4 is 10.6 Å². The topological polar surface area (TPSA) is 104 Å². The van der Waals surface area contributed by atoms with Crippen molar-refractivity contribution in [2.45, 2.75) is 31.2 Å². The van der Waals surface area contributed by atoms with E-state index in [-0.39, 0.29) is 12.3 Å². The lowest BCUT2D eigenvalue weighted by atomic mass is 9.93. The summed E-state index contributed by atoms with van der Waals surface area (Å²) >= 11 is 0. The summed E-state index contributed by atoms with van der Waals surface area (Å²) in [6.07, 6.45) is 4.95. The van der Waals surface area contributed by atoms with E-state index in [0.717, 1.165) is 18.5 Å². The van der Waals surface area contributed by atoms with Crippen LogP contribution in [0.3, 0.4) is 0 Å². The molecule has 3 rings (SSSR count). The third-order valence-electron chi connectivity index (χ3n) is 4.11. The lowest BCUT2D eigenvalue weighted by molar-refractivity contribution is -0.134. The van der Waals surface area contributed by atoms with E-state index >= 15 is 0 Å². The SMILES string of the molecule is O=C1NC(=O)C(CC(=O)N2CCC(c3ccncn3)CC2)N1. The van der Waals surface area contributed by atoms with E-state index in [0.29, 0.717) is 19.0 Å². The summed E-state index contributed by atoms with van der Waals surface area (Å²) in [5, 5.41) is 4.57. The Morgan fingerprint density at radius 3 is 2.68 bits per heavy atom. The van der Waals surface area contributed by atoms with Crippen LogP contribution in [0, 0.1) is 0 Å². The number of nitrogens with zero attached hydrogens (tertiary/aromatic N) is 3. The van der Waals surface area contributed by atoms with Crippen molar-refractivity contribution >= 4 is 17.8 Å². The van der Waals surface area contributed by atoms with Crippen molar-refractivity contribution in [3.05, 3.63) is 24.3 Å². The first-order chi connectivity index (χ1) is 10.6. The lowest BCUT2D eigenvalue weighted by Gasteiger charge is -2.32. The number of carbonyl (C=O) groups excluding carboxylic acids is 3. The molecule has 1 unspecified atom stereocenters. The van der Waals surface area contributed by atoms with Gasteiger partial charge in [-0.1, -0.05) is 0 Å². The fraction of sp³-hybridized carbons (Fsp3) is 0.500. The van der Waals surface area contributed by atoms with Crippen molar-refractivity contribution in [2.24, 2.45) is 0 Å². The van der Waals surface area contributed by atoms with E-state index in [1.807, 2.05) is 6.07 Å². The Bertz CT molecular complexity index is 583. The monoisotopic (exact) mass is 303 g/mol. The number of carbonyl (C=O) groups is 3. The molecule has 2 aliphatic heterocycles. The van der Waals surface area contributed by atoms with Gasteiger partial charge in [0.05, 0.1) is 6.42 Å². The number of piperidine rings is 1. The second-order valence-corrected chi connectivity index (χ2v) is 5.51. The van der Waals surface area contributed by atoms with E-state index in [1.165, 1.54) is 6.33 Å². The molecule has 2 N–H and O–H groups in total. The van der Waals surface area contributed by atoms with Crippen LogP contribution in [0.2, 0.25) is 0 Å². The van der Waals surface area contributed by atoms with E-state index in [2.05, 4.69) is 20.6 Å². The van der Waals surface area contributed by atoms with Crippen molar-refractivity contribution < 1.29 is 14.4 Å². The Balaban J connectivity index is 1.52. The normalized spacial score (nSPS) is 22.4. The zero-order chi connectivity index (χ0) is 15.5. The first-order valence-corrected chi connectivity index (χ1v) is 7.28. The van der Waals surface area contributed by atoms with Gasteiger partial charge >= 0.3 is 6.03 Å². The van der Waals surface area contributed by atoms with Gasteiger partial charge in [0, 0.05) is 30.9 Å². The molecule has 2 saturated heterocycles. The zero-order valence-corrected chi connectivity index (χ0v) is 12.0. The molecule has 2 aliphatic rings. The summed E-state index contributed by atoms with van der Waals surface area (Å²) in [5.74, 6) is -0.209. The molecular formula is C14H17N5O3. The average Bonchev–Trinajstić information content (AvgIpc) is 2.86. The molecule has 1 aromatic rings. The number of urea groups is 1. The van der Waals surface area contributed by atoms with Gasteiger partial charge in [0.25, 0.3) is 5.91 Å². The number of likely N-dealkylation sites (tertiary alicyclic amines) is 1. The van der Waals surface area contributed by atoms with Crippen LogP contribution >= 0.6 is 0 Å². The fourth-order valence-corrected chi connectivity index (χ4v) is 2.87. The summed E-state index contributed by atoms with van der Waals surface area (Å²) in [6, 6.07) is 0.616. The predicted octanol–water partition coefficient (Wildman–Crippen LogP) is -0.219. The Morgan fingerprint density at radius 2 is 2.09 bits per heavy atom. The highest BCUT2D eigenvalue weighted by Crippen LogP contribution is 2.26. The number of imide groups is 1. The van der Waals surface area contributed by atoms with Gasteiger partial charge in [-0.3, -0.25) is 14.9 Å². The summed E-state index contributed by atoms with van der Waals surface area (Å²) in [5.41, 5.74) is 1.00. The van der Waals surface area contributed by atoms with E-state index in [9.17, 15) is 14.4 Å². The lowest BCUT2D eigenvalue weighted by Crippen LogP contribution is -2.42. The Morgan fingerprint density at radius 1 is 1.32 bits per heavy atom. The maximum atomic E-state index is 12.2. The molecule has 22 heavy (non-hydrogen) atoms. The Labute approximate surface area is 127 Å². The molecule has 3 heterocycles. The van der Waals surface area contributed by atoms with Crippen molar-refractivity contribution in [3.63, 3.8) is 0 Å². The smallest absolute Gasteiger partial charge is 0.322 e. The standard InChI is InChI=1S/C14H17N5O3/c20-12(7-11-13(21)18-14(22)17-11)19-5-2-9(3-6-19)10-1-4-15-8-16-10/h1,4,8-9,11H,2-3,5-7H2,(H2,17,18,21,22). The Kier molecular flexibility index (Phi) is 3.99. The molecule has 2 fully saturated rings. The van der Waals surface area contributed by atoms with E-state index in [4.69, 9.17) is 0 Å². The van der Waals surface area contributed by atoms with Crippen molar-refractivity contribution in [2.75, 3.05) is 13.1 Å². The van der Waals surface area contributed by atoms with Gasteiger partial charge in [-0.25, -0.2) is 14.8 Å². The molecule has 8 heteroatoms. The van der Waals surface area contributed by atoms with Crippen LogP contribution in [0.15, 0.2) is 18.6 Å². The minimum atomic E-state index is -0.750. The second-order valence-electron chi connectivity index (χ2n) is 5.51. The van der Waals surface area contributed by atoms with Crippen molar-refractivity contribution in [3.8, 4) is 0 Å². The molecule has 0 spiro atoms. The molecule has 0 bridgehead atoms. The third-order valence-corrected chi connectivity index (χ3v) is 4.11. The second kappa shape index (κ2) is 6.08. The van der Waals surface area contributed by atoms with Crippen LogP contribution in [0.5, 0.6) is 0 Å². The van der Waals surface area contributed by atoms with Gasteiger partial charge in [-0.15, -0.1) is 0 Å².